The first kappa shape index (κ1) is 15.9. The molecule has 0 aliphatic carbocycles. The van der Waals surface area contributed by atoms with Crippen LogP contribution in [0.1, 0.15) is 25.0 Å². The van der Waals surface area contributed by atoms with Gasteiger partial charge in [-0.2, -0.15) is 13.9 Å². The van der Waals surface area contributed by atoms with Crippen LogP contribution in [-0.4, -0.2) is 40.4 Å². The highest BCUT2D eigenvalue weighted by Gasteiger charge is 2.41. The Morgan fingerprint density at radius 2 is 2.16 bits per heavy atom. The number of aliphatic hydroxyl groups is 1. The molecule has 0 radical (unpaired) electrons. The van der Waals surface area contributed by atoms with Crippen molar-refractivity contribution >= 4 is 0 Å². The van der Waals surface area contributed by atoms with E-state index in [1.165, 1.54) is 6.20 Å². The second-order valence-electron chi connectivity index (χ2n) is 4.13. The van der Waals surface area contributed by atoms with Gasteiger partial charge in [0.2, 0.25) is 0 Å². The molecule has 0 saturated carbocycles. The minimum Gasteiger partial charge on any atom is -0.386 e. The third-order valence-electron chi connectivity index (χ3n) is 2.38. The Balaban J connectivity index is 2.40. The molecule has 110 valence electrons. The average molecular weight is 284 g/mol. The van der Waals surface area contributed by atoms with Gasteiger partial charge in [-0.15, -0.1) is 0 Å². The van der Waals surface area contributed by atoms with E-state index in [9.17, 15) is 22.7 Å². The summed E-state index contributed by atoms with van der Waals surface area (Å²) in [6, 6.07) is 0. The molecule has 1 aromatic rings. The molecule has 8 heteroatoms. The summed E-state index contributed by atoms with van der Waals surface area (Å²) in [5, 5.41) is 13.6. The van der Waals surface area contributed by atoms with E-state index in [4.69, 9.17) is 0 Å². The molecule has 1 atom stereocenters. The van der Waals surface area contributed by atoms with Crippen LogP contribution < -0.4 is 0 Å². The van der Waals surface area contributed by atoms with Crippen LogP contribution in [0.2, 0.25) is 0 Å². The molecule has 1 aromatic heterocycles. The van der Waals surface area contributed by atoms with Crippen molar-refractivity contribution in [2.24, 2.45) is 0 Å². The Morgan fingerprint density at radius 1 is 1.47 bits per heavy atom. The van der Waals surface area contributed by atoms with Crippen molar-refractivity contribution in [3.8, 4) is 0 Å². The van der Waals surface area contributed by atoms with Crippen molar-refractivity contribution < 1.29 is 27.4 Å². The van der Waals surface area contributed by atoms with Crippen molar-refractivity contribution in [2.45, 2.75) is 38.3 Å². The van der Waals surface area contributed by atoms with Gasteiger partial charge in [-0.05, 0) is 6.42 Å². The van der Waals surface area contributed by atoms with E-state index in [1.54, 1.807) is 10.9 Å². The molecule has 1 N–H and O–H groups in total. The van der Waals surface area contributed by atoms with E-state index in [-0.39, 0.29) is 0 Å². The number of rotatable bonds is 8. The number of aryl methyl sites for hydroxylation is 1. The SMILES string of the molecule is CCCn1cc(C(O)COCC(F)(F)C(F)F)cn1. The number of alkyl halides is 4. The predicted octanol–water partition coefficient (Wildman–Crippen LogP) is 2.24. The molecule has 0 spiro atoms. The summed E-state index contributed by atoms with van der Waals surface area (Å²) < 4.78 is 54.8. The van der Waals surface area contributed by atoms with Gasteiger partial charge in [0.15, 0.2) is 0 Å². The molecular weight excluding hydrogens is 268 g/mol. The van der Waals surface area contributed by atoms with Crippen molar-refractivity contribution in [2.75, 3.05) is 13.2 Å². The number of nitrogens with zero attached hydrogens (tertiary/aromatic N) is 2. The van der Waals surface area contributed by atoms with Gasteiger partial charge < -0.3 is 9.84 Å². The first-order chi connectivity index (χ1) is 8.86. The van der Waals surface area contributed by atoms with Crippen LogP contribution in [0, 0.1) is 0 Å². The third kappa shape index (κ3) is 4.79. The van der Waals surface area contributed by atoms with Gasteiger partial charge in [0.05, 0.1) is 12.8 Å². The van der Waals surface area contributed by atoms with Crippen LogP contribution in [0.15, 0.2) is 12.4 Å². The maximum absolute atomic E-state index is 12.5. The lowest BCUT2D eigenvalue weighted by Gasteiger charge is -2.16. The topological polar surface area (TPSA) is 47.3 Å². The Bertz CT molecular complexity index is 385. The first-order valence-electron chi connectivity index (χ1n) is 5.81. The van der Waals surface area contributed by atoms with Gasteiger partial charge in [0, 0.05) is 18.3 Å². The summed E-state index contributed by atoms with van der Waals surface area (Å²) >= 11 is 0. The highest BCUT2D eigenvalue weighted by molar-refractivity contribution is 5.07. The van der Waals surface area contributed by atoms with Crippen molar-refractivity contribution in [1.29, 1.82) is 0 Å². The zero-order valence-electron chi connectivity index (χ0n) is 10.4. The smallest absolute Gasteiger partial charge is 0.330 e. The molecule has 0 amide bonds. The zero-order valence-corrected chi connectivity index (χ0v) is 10.4. The summed E-state index contributed by atoms with van der Waals surface area (Å²) in [6.45, 7) is 0.704. The molecular formula is C11H16F4N2O2. The Labute approximate surface area is 108 Å². The van der Waals surface area contributed by atoms with E-state index in [0.717, 1.165) is 6.42 Å². The van der Waals surface area contributed by atoms with Crippen LogP contribution in [0.3, 0.4) is 0 Å². The lowest BCUT2D eigenvalue weighted by atomic mass is 10.2. The third-order valence-corrected chi connectivity index (χ3v) is 2.38. The lowest BCUT2D eigenvalue weighted by molar-refractivity contribution is -0.170. The fraction of sp³-hybridized carbons (Fsp3) is 0.727. The van der Waals surface area contributed by atoms with E-state index in [1.807, 2.05) is 6.92 Å². The molecule has 0 aromatic carbocycles. The quantitative estimate of drug-likeness (QED) is 0.745. The monoisotopic (exact) mass is 284 g/mol. The van der Waals surface area contributed by atoms with Gasteiger partial charge in [-0.3, -0.25) is 4.68 Å². The van der Waals surface area contributed by atoms with E-state index < -0.39 is 31.7 Å². The molecule has 1 unspecified atom stereocenters. The van der Waals surface area contributed by atoms with Gasteiger partial charge >= 0.3 is 12.3 Å². The van der Waals surface area contributed by atoms with Crippen molar-refractivity contribution in [3.05, 3.63) is 18.0 Å². The summed E-state index contributed by atoms with van der Waals surface area (Å²) in [5.41, 5.74) is 0.397. The highest BCUT2D eigenvalue weighted by atomic mass is 19.3. The van der Waals surface area contributed by atoms with E-state index in [0.29, 0.717) is 12.1 Å². The highest BCUT2D eigenvalue weighted by Crippen LogP contribution is 2.23. The van der Waals surface area contributed by atoms with Crippen LogP contribution >= 0.6 is 0 Å². The number of halogens is 4. The molecule has 0 bridgehead atoms. The Hall–Kier alpha value is -1.15. The number of ether oxygens (including phenoxy) is 1. The van der Waals surface area contributed by atoms with Crippen LogP contribution in [0.25, 0.3) is 0 Å². The maximum atomic E-state index is 12.5. The number of aromatic nitrogens is 2. The molecule has 4 nitrogen and oxygen atoms in total. The number of hydrogen-bond acceptors (Lipinski definition) is 3. The minimum atomic E-state index is -4.20. The van der Waals surface area contributed by atoms with E-state index in [2.05, 4.69) is 9.84 Å². The standard InChI is InChI=1S/C11H16F4N2O2/c1-2-3-17-5-8(4-16-17)9(18)6-19-7-11(14,15)10(12)13/h4-5,9-10,18H,2-3,6-7H2,1H3. The van der Waals surface area contributed by atoms with Crippen LogP contribution in [0.4, 0.5) is 17.6 Å². The minimum absolute atomic E-state index is 0.397. The summed E-state index contributed by atoms with van der Waals surface area (Å²) in [4.78, 5) is 0. The van der Waals surface area contributed by atoms with Gasteiger partial charge in [-0.25, -0.2) is 8.78 Å². The molecule has 19 heavy (non-hydrogen) atoms. The number of hydrogen-bond donors (Lipinski definition) is 1. The Kier molecular flexibility index (Phi) is 5.74. The fourth-order valence-electron chi connectivity index (χ4n) is 1.37. The van der Waals surface area contributed by atoms with Gasteiger partial charge in [0.25, 0.3) is 0 Å². The van der Waals surface area contributed by atoms with E-state index >= 15 is 0 Å². The number of aliphatic hydroxyl groups excluding tert-OH is 1. The Morgan fingerprint density at radius 3 is 2.74 bits per heavy atom. The van der Waals surface area contributed by atoms with Gasteiger partial charge in [0.1, 0.15) is 12.7 Å². The van der Waals surface area contributed by atoms with Crippen LogP contribution in [0.5, 0.6) is 0 Å². The molecule has 0 saturated heterocycles. The molecule has 0 aliphatic heterocycles. The maximum Gasteiger partial charge on any atom is 0.330 e. The van der Waals surface area contributed by atoms with Crippen molar-refractivity contribution in [1.82, 2.24) is 9.78 Å². The second-order valence-corrected chi connectivity index (χ2v) is 4.13. The zero-order chi connectivity index (χ0) is 14.5. The largest absolute Gasteiger partial charge is 0.386 e. The fourth-order valence-corrected chi connectivity index (χ4v) is 1.37. The normalized spacial score (nSPS) is 14.1. The van der Waals surface area contributed by atoms with Crippen LogP contribution in [-0.2, 0) is 11.3 Å². The molecule has 0 aliphatic rings. The predicted molar refractivity (Wildman–Crippen MR) is 59.2 cm³/mol. The van der Waals surface area contributed by atoms with Gasteiger partial charge in [-0.1, -0.05) is 6.92 Å². The summed E-state index contributed by atoms with van der Waals surface area (Å²) in [7, 11) is 0. The molecule has 1 rings (SSSR count). The first-order valence-corrected chi connectivity index (χ1v) is 5.81. The molecule has 0 fully saturated rings. The van der Waals surface area contributed by atoms with Crippen molar-refractivity contribution in [3.63, 3.8) is 0 Å². The second kappa shape index (κ2) is 6.85. The summed E-state index contributed by atoms with van der Waals surface area (Å²) in [5.74, 6) is -4.20. The summed E-state index contributed by atoms with van der Waals surface area (Å²) in [6.07, 6.45) is -1.15. The molecule has 1 heterocycles. The lowest BCUT2D eigenvalue weighted by Crippen LogP contribution is -2.33. The average Bonchev–Trinajstić information content (AvgIpc) is 2.77.